The van der Waals surface area contributed by atoms with Gasteiger partial charge in [0.05, 0.1) is 6.04 Å². The summed E-state index contributed by atoms with van der Waals surface area (Å²) in [6.07, 6.45) is 0. The van der Waals surface area contributed by atoms with Gasteiger partial charge in [-0.1, -0.05) is 0 Å². The van der Waals surface area contributed by atoms with Gasteiger partial charge in [-0.05, 0) is 6.92 Å². The summed E-state index contributed by atoms with van der Waals surface area (Å²) in [5, 5.41) is 0. The molecule has 1 atom stereocenters. The topological polar surface area (TPSA) is 63.2 Å². The second-order valence-electron chi connectivity index (χ2n) is 2.06. The van der Waals surface area contributed by atoms with Crippen LogP contribution in [0.1, 0.15) is 6.92 Å². The van der Waals surface area contributed by atoms with E-state index >= 15 is 0 Å². The third kappa shape index (κ3) is 1.28. The molecule has 0 aromatic carbocycles. The molecule has 0 aromatic rings. The van der Waals surface area contributed by atoms with Crippen molar-refractivity contribution in [3.05, 3.63) is 0 Å². The number of carbonyl (C=O) groups excluding carboxylic acids is 1. The number of carbonyl (C=O) groups is 1. The molecule has 0 bridgehead atoms. The molecule has 1 N–H and O–H groups in total. The van der Waals surface area contributed by atoms with E-state index in [0.717, 1.165) is 0 Å². The van der Waals surface area contributed by atoms with Crippen LogP contribution in [0, 0.1) is 0 Å². The van der Waals surface area contributed by atoms with E-state index in [-0.39, 0.29) is 11.5 Å². The third-order valence-electron chi connectivity index (χ3n) is 1.17. The van der Waals surface area contributed by atoms with E-state index in [4.69, 9.17) is 0 Å². The maximum absolute atomic E-state index is 10.5. The van der Waals surface area contributed by atoms with Gasteiger partial charge in [0.1, 0.15) is 5.75 Å². The number of hydrogen-bond acceptors (Lipinski definition) is 3. The van der Waals surface area contributed by atoms with Crippen molar-refractivity contribution in [3.8, 4) is 0 Å². The van der Waals surface area contributed by atoms with Gasteiger partial charge >= 0.3 is 0 Å². The molecule has 9 heavy (non-hydrogen) atoms. The van der Waals surface area contributed by atoms with Crippen LogP contribution in [0.25, 0.3) is 0 Å². The van der Waals surface area contributed by atoms with Crippen LogP contribution in [-0.2, 0) is 14.8 Å². The van der Waals surface area contributed by atoms with Crippen molar-refractivity contribution in [3.63, 3.8) is 0 Å². The van der Waals surface area contributed by atoms with Crippen LogP contribution < -0.4 is 4.72 Å². The second kappa shape index (κ2) is 1.78. The summed E-state index contributed by atoms with van der Waals surface area (Å²) in [7, 11) is -3.24. The SMILES string of the molecule is CC1NS(=O)(=O)CC1=O. The quantitative estimate of drug-likeness (QED) is 0.474. The Morgan fingerprint density at radius 3 is 2.33 bits per heavy atom. The predicted octanol–water partition coefficient (Wildman–Crippen LogP) is -1.12. The first-order valence-corrected chi connectivity index (χ1v) is 4.19. The maximum Gasteiger partial charge on any atom is 0.219 e. The Bertz CT molecular complexity index is 230. The molecule has 0 saturated carbocycles. The fraction of sp³-hybridized carbons (Fsp3) is 0.750. The standard InChI is InChI=1S/C4H7NO3S/c1-3-4(6)2-9(7,8)5-3/h3,5H,2H2,1H3. The number of sulfonamides is 1. The van der Waals surface area contributed by atoms with Crippen LogP contribution in [-0.4, -0.2) is 26.0 Å². The first-order chi connectivity index (χ1) is 4.01. The molecular weight excluding hydrogens is 142 g/mol. The Labute approximate surface area is 53.3 Å². The summed E-state index contributed by atoms with van der Waals surface area (Å²) in [4.78, 5) is 10.5. The minimum absolute atomic E-state index is 0.255. The van der Waals surface area contributed by atoms with Crippen molar-refractivity contribution in [1.82, 2.24) is 4.72 Å². The van der Waals surface area contributed by atoms with Crippen LogP contribution in [0.3, 0.4) is 0 Å². The van der Waals surface area contributed by atoms with Gasteiger partial charge in [0, 0.05) is 0 Å². The lowest BCUT2D eigenvalue weighted by Crippen LogP contribution is -2.25. The molecule has 0 aromatic heterocycles. The Hall–Kier alpha value is -0.420. The summed E-state index contributed by atoms with van der Waals surface area (Å²) < 4.78 is 23.2. The highest BCUT2D eigenvalue weighted by Gasteiger charge is 2.31. The van der Waals surface area contributed by atoms with E-state index in [1.807, 2.05) is 0 Å². The first kappa shape index (κ1) is 6.70. The van der Waals surface area contributed by atoms with Gasteiger partial charge < -0.3 is 0 Å². The molecule has 5 heteroatoms. The Morgan fingerprint density at radius 2 is 2.22 bits per heavy atom. The van der Waals surface area contributed by atoms with Crippen molar-refractivity contribution >= 4 is 15.8 Å². The largest absolute Gasteiger partial charge is 0.297 e. The zero-order chi connectivity index (χ0) is 7.07. The zero-order valence-corrected chi connectivity index (χ0v) is 5.73. The average molecular weight is 149 g/mol. The van der Waals surface area contributed by atoms with E-state index in [2.05, 4.69) is 4.72 Å². The van der Waals surface area contributed by atoms with Crippen molar-refractivity contribution in [2.24, 2.45) is 0 Å². The summed E-state index contributed by atoms with van der Waals surface area (Å²) >= 11 is 0. The van der Waals surface area contributed by atoms with Gasteiger partial charge in [-0.2, -0.15) is 0 Å². The fourth-order valence-corrected chi connectivity index (χ4v) is 2.07. The monoisotopic (exact) mass is 149 g/mol. The molecule has 1 unspecified atom stereocenters. The van der Waals surface area contributed by atoms with Gasteiger partial charge in [0.15, 0.2) is 5.78 Å². The molecule has 1 aliphatic heterocycles. The van der Waals surface area contributed by atoms with E-state index in [1.165, 1.54) is 6.92 Å². The van der Waals surface area contributed by atoms with Crippen LogP contribution in [0.2, 0.25) is 0 Å². The Kier molecular flexibility index (Phi) is 1.32. The molecular formula is C4H7NO3S. The normalized spacial score (nSPS) is 33.0. The molecule has 1 rings (SSSR count). The molecule has 0 spiro atoms. The second-order valence-corrected chi connectivity index (χ2v) is 3.82. The molecule has 0 amide bonds. The summed E-state index contributed by atoms with van der Waals surface area (Å²) in [5.41, 5.74) is 0. The van der Waals surface area contributed by atoms with Crippen molar-refractivity contribution in [1.29, 1.82) is 0 Å². The minimum Gasteiger partial charge on any atom is -0.297 e. The van der Waals surface area contributed by atoms with Gasteiger partial charge in [-0.15, -0.1) is 0 Å². The zero-order valence-electron chi connectivity index (χ0n) is 4.92. The van der Waals surface area contributed by atoms with Gasteiger partial charge in [0.2, 0.25) is 10.0 Å². The van der Waals surface area contributed by atoms with E-state index in [9.17, 15) is 13.2 Å². The van der Waals surface area contributed by atoms with Crippen LogP contribution in [0.5, 0.6) is 0 Å². The van der Waals surface area contributed by atoms with Gasteiger partial charge in [-0.25, -0.2) is 13.1 Å². The van der Waals surface area contributed by atoms with E-state index < -0.39 is 16.1 Å². The number of rotatable bonds is 0. The lowest BCUT2D eigenvalue weighted by atomic mass is 10.3. The smallest absolute Gasteiger partial charge is 0.219 e. The van der Waals surface area contributed by atoms with Crippen molar-refractivity contribution in [2.75, 3.05) is 5.75 Å². The minimum atomic E-state index is -3.24. The van der Waals surface area contributed by atoms with Gasteiger partial charge in [0.25, 0.3) is 0 Å². The third-order valence-corrected chi connectivity index (χ3v) is 2.55. The highest BCUT2D eigenvalue weighted by atomic mass is 32.2. The van der Waals surface area contributed by atoms with Gasteiger partial charge in [-0.3, -0.25) is 4.79 Å². The Balaban J connectivity index is 2.90. The highest BCUT2D eigenvalue weighted by Crippen LogP contribution is 2.01. The van der Waals surface area contributed by atoms with Crippen LogP contribution in [0.15, 0.2) is 0 Å². The molecule has 52 valence electrons. The highest BCUT2D eigenvalue weighted by molar-refractivity contribution is 7.90. The molecule has 1 saturated heterocycles. The molecule has 4 nitrogen and oxygen atoms in total. The number of hydrogen-bond donors (Lipinski definition) is 1. The molecule has 1 heterocycles. The first-order valence-electron chi connectivity index (χ1n) is 2.54. The average Bonchev–Trinajstić information content (AvgIpc) is 1.79. The summed E-state index contributed by atoms with van der Waals surface area (Å²) in [6, 6.07) is -0.519. The summed E-state index contributed by atoms with van der Waals surface area (Å²) in [6.45, 7) is 1.53. The maximum atomic E-state index is 10.5. The lowest BCUT2D eigenvalue weighted by Gasteiger charge is -1.93. The van der Waals surface area contributed by atoms with E-state index in [1.54, 1.807) is 0 Å². The molecule has 0 aliphatic carbocycles. The number of Topliss-reactive ketones (excluding diaryl/α,β-unsaturated/α-hetero) is 1. The van der Waals surface area contributed by atoms with E-state index in [0.29, 0.717) is 0 Å². The number of ketones is 1. The van der Waals surface area contributed by atoms with Crippen molar-refractivity contribution in [2.45, 2.75) is 13.0 Å². The number of nitrogens with one attached hydrogen (secondary N) is 1. The molecule has 1 fully saturated rings. The predicted molar refractivity (Wildman–Crippen MR) is 31.4 cm³/mol. The van der Waals surface area contributed by atoms with Crippen LogP contribution in [0.4, 0.5) is 0 Å². The molecule has 1 aliphatic rings. The van der Waals surface area contributed by atoms with Crippen molar-refractivity contribution < 1.29 is 13.2 Å². The molecule has 0 radical (unpaired) electrons. The van der Waals surface area contributed by atoms with Crippen LogP contribution >= 0.6 is 0 Å². The summed E-state index contributed by atoms with van der Waals surface area (Å²) in [5.74, 6) is -0.608. The lowest BCUT2D eigenvalue weighted by molar-refractivity contribution is -0.117. The fourth-order valence-electron chi connectivity index (χ4n) is 0.689. The Morgan fingerprint density at radius 1 is 1.67 bits per heavy atom.